The van der Waals surface area contributed by atoms with Crippen LogP contribution in [0.4, 0.5) is 17.1 Å². The molecular formula is C20H21ClN6O2. The van der Waals surface area contributed by atoms with Gasteiger partial charge < -0.3 is 23.0 Å². The van der Waals surface area contributed by atoms with Gasteiger partial charge >= 0.3 is 0 Å². The number of fused-ring (bicyclic) bond motifs is 4. The van der Waals surface area contributed by atoms with Gasteiger partial charge in [-0.3, -0.25) is 10.1 Å². The number of hydrogen-bond donors (Lipinski definition) is 2. The number of quaternary nitrogens is 1. The lowest BCUT2D eigenvalue weighted by Crippen LogP contribution is -3.00. The predicted molar refractivity (Wildman–Crippen MR) is 104 cm³/mol. The molecule has 29 heavy (non-hydrogen) atoms. The van der Waals surface area contributed by atoms with Gasteiger partial charge in [-0.25, -0.2) is 9.67 Å². The number of nitrogens with one attached hydrogen (secondary N) is 1. The smallest absolute Gasteiger partial charge is 0.275 e. The highest BCUT2D eigenvalue weighted by atomic mass is 35.5. The molecule has 150 valence electrons. The summed E-state index contributed by atoms with van der Waals surface area (Å²) in [6, 6.07) is 11.0. The van der Waals surface area contributed by atoms with Gasteiger partial charge in [0.2, 0.25) is 0 Å². The van der Waals surface area contributed by atoms with Gasteiger partial charge in [-0.05, 0) is 38.0 Å². The van der Waals surface area contributed by atoms with Crippen LogP contribution in [0.25, 0.3) is 5.82 Å². The molecule has 1 aliphatic heterocycles. The average molecular weight is 413 g/mol. The minimum atomic E-state index is -0.342. The van der Waals surface area contributed by atoms with E-state index in [0.29, 0.717) is 5.92 Å². The maximum Gasteiger partial charge on any atom is 0.275 e. The normalized spacial score (nSPS) is 19.6. The summed E-state index contributed by atoms with van der Waals surface area (Å²) < 4.78 is 1.97. The average Bonchev–Trinajstić information content (AvgIpc) is 2.93. The van der Waals surface area contributed by atoms with Gasteiger partial charge in [0.25, 0.3) is 5.69 Å². The molecule has 5 rings (SSSR count). The third-order valence-electron chi connectivity index (χ3n) is 5.80. The molecule has 8 nitrogen and oxygen atoms in total. The van der Waals surface area contributed by atoms with Gasteiger partial charge in [-0.2, -0.15) is 5.10 Å². The number of nitrogens with zero attached hydrogens (tertiary/aromatic N) is 4. The fraction of sp³-hybridized carbons (Fsp3) is 0.300. The predicted octanol–water partition coefficient (Wildman–Crippen LogP) is -0.588. The Morgan fingerprint density at radius 2 is 2.17 bits per heavy atom. The Morgan fingerprint density at radius 3 is 2.93 bits per heavy atom. The number of hydrogen-bond acceptors (Lipinski definition) is 5. The number of non-ortho nitro benzene ring substituents is 1. The molecular weight excluding hydrogens is 392 g/mol. The second kappa shape index (κ2) is 7.46. The largest absolute Gasteiger partial charge is 1.00 e. The third-order valence-corrected chi connectivity index (χ3v) is 5.80. The van der Waals surface area contributed by atoms with Crippen LogP contribution in [0.3, 0.4) is 0 Å². The zero-order valence-electron chi connectivity index (χ0n) is 15.9. The van der Waals surface area contributed by atoms with Crippen LogP contribution in [0.5, 0.6) is 0 Å². The lowest BCUT2D eigenvalue weighted by molar-refractivity contribution is -0.577. The molecule has 2 unspecified atom stereocenters. The SMILES string of the molecule is Cc1nn(-c2ccccn2)c2c1C1Nc3ccc([N+](=O)[O-])cc3[NH2+]CC1CC2.[Cl-]. The van der Waals surface area contributed by atoms with E-state index >= 15 is 0 Å². The van der Waals surface area contributed by atoms with E-state index in [0.717, 1.165) is 42.3 Å². The quantitative estimate of drug-likeness (QED) is 0.333. The van der Waals surface area contributed by atoms with Crippen LogP contribution in [-0.4, -0.2) is 26.2 Å². The second-order valence-corrected chi connectivity index (χ2v) is 7.43. The summed E-state index contributed by atoms with van der Waals surface area (Å²) in [5.41, 5.74) is 5.42. The second-order valence-electron chi connectivity index (χ2n) is 7.43. The van der Waals surface area contributed by atoms with Gasteiger partial charge in [0.1, 0.15) is 0 Å². The summed E-state index contributed by atoms with van der Waals surface area (Å²) in [4.78, 5) is 15.2. The number of nitro groups is 1. The van der Waals surface area contributed by atoms with Crippen molar-refractivity contribution in [2.45, 2.75) is 25.8 Å². The molecule has 0 spiro atoms. The Hall–Kier alpha value is -2.97. The molecule has 0 radical (unpaired) electrons. The number of benzene rings is 1. The van der Waals surface area contributed by atoms with E-state index in [1.165, 1.54) is 11.3 Å². The fourth-order valence-corrected chi connectivity index (χ4v) is 4.48. The van der Waals surface area contributed by atoms with E-state index in [9.17, 15) is 10.1 Å². The van der Waals surface area contributed by atoms with E-state index in [4.69, 9.17) is 5.10 Å². The van der Waals surface area contributed by atoms with Crippen LogP contribution in [0.2, 0.25) is 0 Å². The minimum Gasteiger partial charge on any atom is -1.00 e. The molecule has 2 aromatic heterocycles. The van der Waals surface area contributed by atoms with Gasteiger partial charge in [0.05, 0.1) is 40.7 Å². The molecule has 1 aromatic carbocycles. The summed E-state index contributed by atoms with van der Waals surface area (Å²) in [6.45, 7) is 2.94. The van der Waals surface area contributed by atoms with Gasteiger partial charge in [0.15, 0.2) is 11.5 Å². The Bertz CT molecular complexity index is 1070. The van der Waals surface area contributed by atoms with E-state index in [1.807, 2.05) is 35.9 Å². The molecule has 0 amide bonds. The first-order valence-electron chi connectivity index (χ1n) is 9.50. The number of anilines is 1. The molecule has 3 aromatic rings. The Kier molecular flexibility index (Phi) is 4.97. The molecule has 2 aliphatic rings. The van der Waals surface area contributed by atoms with Crippen LogP contribution in [-0.2, 0) is 6.42 Å². The maximum atomic E-state index is 11.1. The standard InChI is InChI=1S/C20H20N6O2.ClH/c1-12-19-17(25(24-12)18-4-2-3-9-21-18)8-5-13-11-22-16-10-14(26(27)28)6-7-15(16)23-20(13)19;/h2-4,6-7,9-10,13,20,22-23H,5,8,11H2,1H3;1H. The zero-order chi connectivity index (χ0) is 19.3. The molecule has 0 saturated heterocycles. The third kappa shape index (κ3) is 3.24. The number of aromatic nitrogens is 3. The van der Waals surface area contributed by atoms with Crippen LogP contribution in [0.15, 0.2) is 42.6 Å². The Balaban J connectivity index is 0.00000205. The van der Waals surface area contributed by atoms with Crippen molar-refractivity contribution in [1.82, 2.24) is 14.8 Å². The fourth-order valence-electron chi connectivity index (χ4n) is 4.48. The first-order chi connectivity index (χ1) is 13.6. The number of rotatable bonds is 2. The first kappa shape index (κ1) is 19.4. The number of aryl methyl sites for hydroxylation is 1. The summed E-state index contributed by atoms with van der Waals surface area (Å²) in [5, 5.41) is 21.7. The molecule has 3 N–H and O–H groups in total. The lowest BCUT2D eigenvalue weighted by Gasteiger charge is -2.30. The van der Waals surface area contributed by atoms with Crippen LogP contribution >= 0.6 is 0 Å². The monoisotopic (exact) mass is 412 g/mol. The van der Waals surface area contributed by atoms with E-state index in [1.54, 1.807) is 18.3 Å². The summed E-state index contributed by atoms with van der Waals surface area (Å²) in [7, 11) is 0. The number of nitro benzene ring substituents is 1. The van der Waals surface area contributed by atoms with E-state index in [-0.39, 0.29) is 29.1 Å². The van der Waals surface area contributed by atoms with E-state index in [2.05, 4.69) is 15.6 Å². The van der Waals surface area contributed by atoms with Crippen molar-refractivity contribution < 1.29 is 22.6 Å². The topological polar surface area (TPSA) is 102 Å². The molecule has 3 heterocycles. The van der Waals surface area contributed by atoms with Crippen molar-refractivity contribution in [1.29, 1.82) is 0 Å². The molecule has 9 heteroatoms. The number of nitrogens with two attached hydrogens (primary N) is 1. The van der Waals surface area contributed by atoms with Crippen molar-refractivity contribution in [3.8, 4) is 5.82 Å². The van der Waals surface area contributed by atoms with E-state index < -0.39 is 0 Å². The molecule has 0 saturated carbocycles. The zero-order valence-corrected chi connectivity index (χ0v) is 16.6. The number of halogens is 1. The van der Waals surface area contributed by atoms with Crippen LogP contribution in [0, 0.1) is 23.0 Å². The minimum absolute atomic E-state index is 0. The van der Waals surface area contributed by atoms with Crippen LogP contribution < -0.4 is 23.0 Å². The summed E-state index contributed by atoms with van der Waals surface area (Å²) in [5.74, 6) is 1.26. The highest BCUT2D eigenvalue weighted by molar-refractivity contribution is 5.66. The van der Waals surface area contributed by atoms with Crippen molar-refractivity contribution in [3.63, 3.8) is 0 Å². The van der Waals surface area contributed by atoms with Crippen molar-refractivity contribution in [2.75, 3.05) is 11.9 Å². The summed E-state index contributed by atoms with van der Waals surface area (Å²) >= 11 is 0. The molecule has 0 bridgehead atoms. The first-order valence-corrected chi connectivity index (χ1v) is 9.50. The maximum absolute atomic E-state index is 11.1. The van der Waals surface area contributed by atoms with Crippen LogP contribution in [0.1, 0.15) is 29.4 Å². The molecule has 1 aliphatic carbocycles. The van der Waals surface area contributed by atoms with Gasteiger partial charge in [0, 0.05) is 23.7 Å². The van der Waals surface area contributed by atoms with Crippen molar-refractivity contribution in [3.05, 3.63) is 69.7 Å². The Labute approximate surface area is 173 Å². The molecule has 2 atom stereocenters. The lowest BCUT2D eigenvalue weighted by atomic mass is 9.81. The number of pyridine rings is 1. The van der Waals surface area contributed by atoms with Gasteiger partial charge in [-0.15, -0.1) is 0 Å². The molecule has 0 fully saturated rings. The highest BCUT2D eigenvalue weighted by Crippen LogP contribution is 2.41. The van der Waals surface area contributed by atoms with Crippen molar-refractivity contribution >= 4 is 17.1 Å². The van der Waals surface area contributed by atoms with Crippen molar-refractivity contribution in [2.24, 2.45) is 5.92 Å². The highest BCUT2D eigenvalue weighted by Gasteiger charge is 2.38. The van der Waals surface area contributed by atoms with Gasteiger partial charge in [-0.1, -0.05) is 6.07 Å². The summed E-state index contributed by atoms with van der Waals surface area (Å²) in [6.07, 6.45) is 3.77. The Morgan fingerprint density at radius 1 is 1.31 bits per heavy atom.